The van der Waals surface area contributed by atoms with E-state index in [9.17, 15) is 9.90 Å². The van der Waals surface area contributed by atoms with Crippen molar-refractivity contribution in [1.82, 2.24) is 0 Å². The molecule has 114 valence electrons. The number of nitrogens with zero attached hydrogens (tertiary/aromatic N) is 1. The minimum absolute atomic E-state index is 0.0106. The molecule has 0 spiro atoms. The number of benzene rings is 1. The van der Waals surface area contributed by atoms with Crippen LogP contribution in [-0.4, -0.2) is 30.1 Å². The van der Waals surface area contributed by atoms with Crippen molar-refractivity contribution in [3.05, 3.63) is 41.5 Å². The molecule has 0 fully saturated rings. The quantitative estimate of drug-likeness (QED) is 0.277. The average molecular weight is 290 g/mol. The number of ether oxygens (including phenoxy) is 1. The number of hydrogen-bond acceptors (Lipinski definition) is 4. The molecule has 0 saturated heterocycles. The average Bonchev–Trinajstić information content (AvgIpc) is 2.46. The molecule has 5 nitrogen and oxygen atoms in total. The summed E-state index contributed by atoms with van der Waals surface area (Å²) in [5.74, 6) is -0.614. The third kappa shape index (κ3) is 4.95. The van der Waals surface area contributed by atoms with Crippen LogP contribution < -0.4 is 5.73 Å². The van der Waals surface area contributed by atoms with Gasteiger partial charge >= 0.3 is 5.97 Å². The van der Waals surface area contributed by atoms with E-state index in [1.165, 1.54) is 0 Å². The summed E-state index contributed by atoms with van der Waals surface area (Å²) < 4.78 is 4.96. The molecule has 0 bridgehead atoms. The van der Waals surface area contributed by atoms with Gasteiger partial charge in [0.25, 0.3) is 0 Å². The van der Waals surface area contributed by atoms with Crippen LogP contribution in [-0.2, 0) is 9.53 Å². The zero-order chi connectivity index (χ0) is 15.8. The molecule has 0 aromatic heterocycles. The van der Waals surface area contributed by atoms with Crippen LogP contribution in [0.5, 0.6) is 0 Å². The summed E-state index contributed by atoms with van der Waals surface area (Å²) in [7, 11) is 0. The number of carbonyl (C=O) groups excluding carboxylic acids is 1. The molecule has 0 radical (unpaired) electrons. The highest BCUT2D eigenvalue weighted by molar-refractivity contribution is 6.22. The lowest BCUT2D eigenvalue weighted by molar-refractivity contribution is -0.137. The van der Waals surface area contributed by atoms with Crippen molar-refractivity contribution < 1.29 is 14.6 Å². The maximum atomic E-state index is 12.0. The Morgan fingerprint density at radius 2 is 1.95 bits per heavy atom. The molecule has 1 aromatic rings. The summed E-state index contributed by atoms with van der Waals surface area (Å²) in [6.07, 6.45) is 0. The molecule has 0 unspecified atom stereocenters. The van der Waals surface area contributed by atoms with Crippen molar-refractivity contribution in [2.75, 3.05) is 13.2 Å². The number of esters is 1. The Kier molecular flexibility index (Phi) is 6.46. The normalized spacial score (nSPS) is 13.0. The van der Waals surface area contributed by atoms with Crippen LogP contribution in [0.4, 0.5) is 0 Å². The Bertz CT molecular complexity index is 534. The first kappa shape index (κ1) is 16.8. The van der Waals surface area contributed by atoms with Crippen molar-refractivity contribution in [2.24, 2.45) is 16.6 Å². The van der Waals surface area contributed by atoms with Gasteiger partial charge in [0.05, 0.1) is 6.61 Å². The van der Waals surface area contributed by atoms with Gasteiger partial charge in [0.1, 0.15) is 17.2 Å². The van der Waals surface area contributed by atoms with Gasteiger partial charge in [0, 0.05) is 12.1 Å². The maximum Gasteiger partial charge on any atom is 0.345 e. The molecule has 0 atom stereocenters. The van der Waals surface area contributed by atoms with Crippen molar-refractivity contribution in [2.45, 2.75) is 20.8 Å². The van der Waals surface area contributed by atoms with Crippen molar-refractivity contribution in [3.63, 3.8) is 0 Å². The van der Waals surface area contributed by atoms with Gasteiger partial charge in [-0.3, -0.25) is 4.99 Å². The highest BCUT2D eigenvalue weighted by Gasteiger charge is 2.21. The second-order valence-corrected chi connectivity index (χ2v) is 4.93. The minimum atomic E-state index is -0.677. The molecule has 5 heteroatoms. The summed E-state index contributed by atoms with van der Waals surface area (Å²) in [4.78, 5) is 16.2. The van der Waals surface area contributed by atoms with E-state index < -0.39 is 5.97 Å². The number of aliphatic hydroxyl groups is 1. The summed E-state index contributed by atoms with van der Waals surface area (Å²) in [6, 6.07) is 8.71. The van der Waals surface area contributed by atoms with Gasteiger partial charge in [-0.1, -0.05) is 44.2 Å². The minimum Gasteiger partial charge on any atom is -0.506 e. The lowest BCUT2D eigenvalue weighted by atomic mass is 10.1. The molecule has 1 aromatic carbocycles. The van der Waals surface area contributed by atoms with Crippen LogP contribution >= 0.6 is 0 Å². The molecule has 0 aliphatic heterocycles. The van der Waals surface area contributed by atoms with Gasteiger partial charge in [-0.2, -0.15) is 0 Å². The van der Waals surface area contributed by atoms with Crippen molar-refractivity contribution >= 4 is 17.6 Å². The Morgan fingerprint density at radius 1 is 1.33 bits per heavy atom. The highest BCUT2D eigenvalue weighted by Crippen LogP contribution is 2.17. The van der Waals surface area contributed by atoms with E-state index in [0.717, 1.165) is 0 Å². The molecule has 0 saturated carbocycles. The molecule has 3 N–H and O–H groups in total. The lowest BCUT2D eigenvalue weighted by Gasteiger charge is -2.11. The second kappa shape index (κ2) is 8.09. The van der Waals surface area contributed by atoms with Crippen LogP contribution in [0.15, 0.2) is 40.9 Å². The van der Waals surface area contributed by atoms with Gasteiger partial charge in [-0.15, -0.1) is 0 Å². The first-order chi connectivity index (χ1) is 9.97. The predicted octanol–water partition coefficient (Wildman–Crippen LogP) is 2.53. The second-order valence-electron chi connectivity index (χ2n) is 4.93. The molecule has 21 heavy (non-hydrogen) atoms. The van der Waals surface area contributed by atoms with E-state index in [4.69, 9.17) is 10.5 Å². The largest absolute Gasteiger partial charge is 0.506 e. The molecule has 0 aliphatic rings. The molecule has 0 heterocycles. The van der Waals surface area contributed by atoms with E-state index in [-0.39, 0.29) is 23.8 Å². The summed E-state index contributed by atoms with van der Waals surface area (Å²) in [5, 5.41) is 10.3. The summed E-state index contributed by atoms with van der Waals surface area (Å²) >= 11 is 0. The Labute approximate surface area is 125 Å². The van der Waals surface area contributed by atoms with E-state index in [1.54, 1.807) is 31.2 Å². The van der Waals surface area contributed by atoms with Crippen LogP contribution in [0.3, 0.4) is 0 Å². The van der Waals surface area contributed by atoms with Gasteiger partial charge < -0.3 is 15.6 Å². The van der Waals surface area contributed by atoms with Crippen LogP contribution in [0.1, 0.15) is 26.3 Å². The first-order valence-corrected chi connectivity index (χ1v) is 6.93. The number of nitrogens with two attached hydrogens (primary N) is 1. The number of aliphatic imine (C=N–C) groups is 1. The Balaban J connectivity index is 3.25. The fourth-order valence-corrected chi connectivity index (χ4v) is 1.63. The van der Waals surface area contributed by atoms with Gasteiger partial charge in [-0.25, -0.2) is 4.79 Å². The molecule has 0 aliphatic carbocycles. The number of amidine groups is 1. The van der Waals surface area contributed by atoms with Gasteiger partial charge in [-0.05, 0) is 12.8 Å². The number of hydrogen-bond donors (Lipinski definition) is 2. The third-order valence-corrected chi connectivity index (χ3v) is 2.65. The Morgan fingerprint density at radius 3 is 2.48 bits per heavy atom. The van der Waals surface area contributed by atoms with E-state index in [1.807, 2.05) is 19.9 Å². The summed E-state index contributed by atoms with van der Waals surface area (Å²) in [5.41, 5.74) is 6.26. The predicted molar refractivity (Wildman–Crippen MR) is 84.0 cm³/mol. The van der Waals surface area contributed by atoms with Crippen LogP contribution in [0.2, 0.25) is 0 Å². The van der Waals surface area contributed by atoms with Gasteiger partial charge in [0.2, 0.25) is 0 Å². The smallest absolute Gasteiger partial charge is 0.345 e. The maximum absolute atomic E-state index is 12.0. The topological polar surface area (TPSA) is 84.9 Å². The molecular formula is C16H22N2O3. The fourth-order valence-electron chi connectivity index (χ4n) is 1.63. The third-order valence-electron chi connectivity index (χ3n) is 2.65. The number of rotatable bonds is 6. The monoisotopic (exact) mass is 290 g/mol. The standard InChI is InChI=1S/C16H22N2O3/c1-4-21-16(20)13(15(17)18-10-11(2)3)14(19)12-8-6-5-7-9-12/h5-9,11,19H,4,10H2,1-3H3,(H2,17,18). The SMILES string of the molecule is CCOC(=O)C(C(N)=NCC(C)C)=C(O)c1ccccc1. The van der Waals surface area contributed by atoms with E-state index in [0.29, 0.717) is 18.0 Å². The summed E-state index contributed by atoms with van der Waals surface area (Å²) in [6.45, 7) is 6.33. The van der Waals surface area contributed by atoms with Crippen LogP contribution in [0.25, 0.3) is 5.76 Å². The zero-order valence-corrected chi connectivity index (χ0v) is 12.7. The van der Waals surface area contributed by atoms with E-state index in [2.05, 4.69) is 4.99 Å². The molecule has 0 amide bonds. The lowest BCUT2D eigenvalue weighted by Crippen LogP contribution is -2.25. The highest BCUT2D eigenvalue weighted by atomic mass is 16.5. The molecule has 1 rings (SSSR count). The van der Waals surface area contributed by atoms with Crippen molar-refractivity contribution in [1.29, 1.82) is 0 Å². The molecular weight excluding hydrogens is 268 g/mol. The number of carbonyl (C=O) groups is 1. The Hall–Kier alpha value is -2.30. The fraction of sp³-hybridized carbons (Fsp3) is 0.375. The van der Waals surface area contributed by atoms with Gasteiger partial charge in [0.15, 0.2) is 0 Å². The first-order valence-electron chi connectivity index (χ1n) is 6.93. The van der Waals surface area contributed by atoms with Crippen molar-refractivity contribution in [3.8, 4) is 0 Å². The van der Waals surface area contributed by atoms with Crippen LogP contribution in [0, 0.1) is 5.92 Å². The number of aliphatic hydroxyl groups excluding tert-OH is 1. The van der Waals surface area contributed by atoms with E-state index >= 15 is 0 Å². The zero-order valence-electron chi connectivity index (χ0n) is 12.7.